The number of carbonyl (C=O) groups excluding carboxylic acids is 1. The minimum absolute atomic E-state index is 0.324. The van der Waals surface area contributed by atoms with Crippen LogP contribution in [0.1, 0.15) is 63.0 Å². The Kier molecular flexibility index (Phi) is 4.26. The van der Waals surface area contributed by atoms with Gasteiger partial charge >= 0.3 is 13.1 Å². The molecule has 2 heterocycles. The average Bonchev–Trinajstić information content (AvgIpc) is 2.75. The first-order valence-corrected chi connectivity index (χ1v) is 8.33. The number of ether oxygens (including phenoxy) is 1. The van der Waals surface area contributed by atoms with Crippen LogP contribution in [0.15, 0.2) is 6.07 Å². The van der Waals surface area contributed by atoms with Crippen LogP contribution in [0.25, 0.3) is 0 Å². The summed E-state index contributed by atoms with van der Waals surface area (Å²) in [5.41, 5.74) is -0.630. The first-order valence-electron chi connectivity index (χ1n) is 7.52. The summed E-state index contributed by atoms with van der Waals surface area (Å²) in [4.78, 5) is 14.0. The van der Waals surface area contributed by atoms with Gasteiger partial charge in [-0.2, -0.15) is 0 Å². The van der Waals surface area contributed by atoms with Gasteiger partial charge in [0.25, 0.3) is 0 Å². The lowest BCUT2D eigenvalue weighted by molar-refractivity contribution is 0.00578. The minimum atomic E-state index is -0.544. The Hall–Kier alpha value is -0.845. The fourth-order valence-corrected chi connectivity index (χ4v) is 3.07. The van der Waals surface area contributed by atoms with Crippen molar-refractivity contribution in [1.82, 2.24) is 0 Å². The summed E-state index contributed by atoms with van der Waals surface area (Å²) < 4.78 is 17.6. The Morgan fingerprint density at radius 1 is 1.18 bits per heavy atom. The molecule has 22 heavy (non-hydrogen) atoms. The molecule has 1 fully saturated rings. The fraction of sp³-hybridized carbons (Fsp3) is 0.688. The van der Waals surface area contributed by atoms with Crippen LogP contribution in [0, 0.1) is 6.92 Å². The maximum atomic E-state index is 12.5. The Morgan fingerprint density at radius 2 is 1.68 bits per heavy atom. The highest BCUT2D eigenvalue weighted by Crippen LogP contribution is 2.37. The van der Waals surface area contributed by atoms with E-state index in [2.05, 4.69) is 0 Å². The van der Waals surface area contributed by atoms with Crippen LogP contribution in [0.5, 0.6) is 0 Å². The molecule has 1 aliphatic rings. The number of esters is 1. The molecule has 1 aromatic heterocycles. The van der Waals surface area contributed by atoms with E-state index in [0.717, 1.165) is 10.3 Å². The molecule has 0 N–H and O–H groups in total. The molecule has 0 bridgehead atoms. The molecular formula is C16H25BO4S. The quantitative estimate of drug-likeness (QED) is 0.618. The third kappa shape index (κ3) is 3.39. The third-order valence-corrected chi connectivity index (χ3v) is 5.02. The molecule has 0 amide bonds. The van der Waals surface area contributed by atoms with Crippen LogP contribution in [0.4, 0.5) is 0 Å². The third-order valence-electron chi connectivity index (χ3n) is 3.98. The maximum Gasteiger partial charge on any atom is 0.496 e. The van der Waals surface area contributed by atoms with Crippen LogP contribution >= 0.6 is 11.3 Å². The van der Waals surface area contributed by atoms with E-state index in [1.54, 1.807) is 0 Å². The van der Waals surface area contributed by atoms with Crippen LogP contribution in [-0.4, -0.2) is 29.9 Å². The smallest absolute Gasteiger partial charge is 0.456 e. The zero-order valence-corrected chi connectivity index (χ0v) is 15.5. The topological polar surface area (TPSA) is 44.8 Å². The molecule has 122 valence electrons. The zero-order chi connectivity index (χ0) is 16.9. The van der Waals surface area contributed by atoms with E-state index in [9.17, 15) is 4.79 Å². The molecule has 0 radical (unpaired) electrons. The van der Waals surface area contributed by atoms with E-state index in [1.807, 2.05) is 61.5 Å². The lowest BCUT2D eigenvalue weighted by atomic mass is 9.79. The van der Waals surface area contributed by atoms with Gasteiger partial charge in [-0.25, -0.2) is 4.79 Å². The van der Waals surface area contributed by atoms with Gasteiger partial charge in [0.1, 0.15) is 10.5 Å². The summed E-state index contributed by atoms with van der Waals surface area (Å²) in [5.74, 6) is -0.324. The van der Waals surface area contributed by atoms with Gasteiger partial charge in [-0.1, -0.05) is 0 Å². The number of thiophene rings is 1. The van der Waals surface area contributed by atoms with Crippen molar-refractivity contribution in [1.29, 1.82) is 0 Å². The van der Waals surface area contributed by atoms with Crippen LogP contribution < -0.4 is 5.46 Å². The van der Waals surface area contributed by atoms with E-state index in [0.29, 0.717) is 4.88 Å². The molecule has 4 nitrogen and oxygen atoms in total. The fourth-order valence-electron chi connectivity index (χ4n) is 2.16. The molecule has 1 aromatic rings. The van der Waals surface area contributed by atoms with Gasteiger partial charge in [-0.05, 0) is 61.5 Å². The first-order chi connectivity index (χ1) is 9.82. The summed E-state index contributed by atoms with van der Waals surface area (Å²) in [6.45, 7) is 15.5. The highest BCUT2D eigenvalue weighted by atomic mass is 32.1. The normalized spacial score (nSPS) is 20.3. The lowest BCUT2D eigenvalue weighted by Crippen LogP contribution is -2.41. The van der Waals surface area contributed by atoms with Gasteiger partial charge in [0.2, 0.25) is 0 Å². The summed E-state index contributed by atoms with van der Waals surface area (Å²) in [6, 6.07) is 1.95. The molecule has 0 aliphatic carbocycles. The average molecular weight is 324 g/mol. The van der Waals surface area contributed by atoms with E-state index in [-0.39, 0.29) is 5.97 Å². The molecule has 2 rings (SSSR count). The highest BCUT2D eigenvalue weighted by Gasteiger charge is 2.53. The predicted octanol–water partition coefficient (Wildman–Crippen LogP) is 3.31. The second kappa shape index (κ2) is 5.36. The van der Waals surface area contributed by atoms with Crippen LogP contribution in [0.2, 0.25) is 0 Å². The number of carbonyl (C=O) groups is 1. The van der Waals surface area contributed by atoms with Gasteiger partial charge in [0.05, 0.1) is 11.2 Å². The SMILES string of the molecule is Cc1cc(B2OC(C)(C)C(C)(C)O2)c(C(=O)OC(C)(C)C)s1. The standard InChI is InChI=1S/C16H25BO4S/c1-10-9-11(12(22-10)13(18)19-14(2,3)4)17-20-15(5,6)16(7,8)21-17/h9H,1-8H3. The highest BCUT2D eigenvalue weighted by molar-refractivity contribution is 7.15. The molecular weight excluding hydrogens is 299 g/mol. The van der Waals surface area contributed by atoms with E-state index in [1.165, 1.54) is 11.3 Å². The van der Waals surface area contributed by atoms with Crippen LogP contribution in [-0.2, 0) is 14.0 Å². The van der Waals surface area contributed by atoms with Crippen molar-refractivity contribution in [2.75, 3.05) is 0 Å². The second-order valence-electron chi connectivity index (χ2n) is 7.73. The molecule has 6 heteroatoms. The summed E-state index contributed by atoms with van der Waals surface area (Å²) in [5, 5.41) is 0. The largest absolute Gasteiger partial charge is 0.496 e. The Labute approximate surface area is 137 Å². The van der Waals surface area contributed by atoms with Gasteiger partial charge in [-0.3, -0.25) is 0 Å². The lowest BCUT2D eigenvalue weighted by Gasteiger charge is -2.32. The molecule has 0 aromatic carbocycles. The van der Waals surface area contributed by atoms with Gasteiger partial charge < -0.3 is 14.0 Å². The maximum absolute atomic E-state index is 12.5. The Balaban J connectivity index is 2.32. The molecule has 0 unspecified atom stereocenters. The van der Waals surface area contributed by atoms with Crippen molar-refractivity contribution in [2.45, 2.75) is 72.2 Å². The van der Waals surface area contributed by atoms with Gasteiger partial charge in [-0.15, -0.1) is 11.3 Å². The van der Waals surface area contributed by atoms with Crippen molar-refractivity contribution in [3.8, 4) is 0 Å². The molecule has 0 atom stereocenters. The summed E-state index contributed by atoms with van der Waals surface area (Å²) in [7, 11) is -0.544. The van der Waals surface area contributed by atoms with Crippen molar-refractivity contribution in [2.24, 2.45) is 0 Å². The molecule has 1 saturated heterocycles. The van der Waals surface area contributed by atoms with Crippen LogP contribution in [0.3, 0.4) is 0 Å². The first kappa shape index (κ1) is 17.5. The van der Waals surface area contributed by atoms with Crippen molar-refractivity contribution in [3.05, 3.63) is 15.8 Å². The molecule has 0 saturated carbocycles. The van der Waals surface area contributed by atoms with E-state index < -0.39 is 23.9 Å². The van der Waals surface area contributed by atoms with Crippen molar-refractivity contribution in [3.63, 3.8) is 0 Å². The minimum Gasteiger partial charge on any atom is -0.456 e. The number of aryl methyl sites for hydroxylation is 1. The Bertz CT molecular complexity index is 567. The molecule has 0 spiro atoms. The second-order valence-corrected chi connectivity index (χ2v) is 8.99. The van der Waals surface area contributed by atoms with Crippen molar-refractivity contribution < 1.29 is 18.8 Å². The summed E-state index contributed by atoms with van der Waals surface area (Å²) >= 11 is 1.42. The summed E-state index contributed by atoms with van der Waals surface area (Å²) in [6.07, 6.45) is 0. The van der Waals surface area contributed by atoms with Crippen molar-refractivity contribution >= 4 is 29.9 Å². The zero-order valence-electron chi connectivity index (χ0n) is 14.7. The molecule has 1 aliphatic heterocycles. The number of rotatable bonds is 2. The van der Waals surface area contributed by atoms with Gasteiger partial charge in [0, 0.05) is 10.3 Å². The monoisotopic (exact) mass is 324 g/mol. The van der Waals surface area contributed by atoms with Gasteiger partial charge in [0.15, 0.2) is 0 Å². The van der Waals surface area contributed by atoms with E-state index >= 15 is 0 Å². The number of hydrogen-bond acceptors (Lipinski definition) is 5. The Morgan fingerprint density at radius 3 is 2.14 bits per heavy atom. The predicted molar refractivity (Wildman–Crippen MR) is 89.9 cm³/mol. The number of hydrogen-bond donors (Lipinski definition) is 0. The van der Waals surface area contributed by atoms with E-state index in [4.69, 9.17) is 14.0 Å².